The first-order valence-corrected chi connectivity index (χ1v) is 5.31. The predicted octanol–water partition coefficient (Wildman–Crippen LogP) is 2.52. The fraction of sp³-hybridized carbons (Fsp3) is 0.143. The number of nitro benzene ring substituents is 1. The Morgan fingerprint density at radius 2 is 1.69 bits per heavy atom. The summed E-state index contributed by atoms with van der Waals surface area (Å²) in [6.45, 7) is 0. The van der Waals surface area contributed by atoms with Crippen molar-refractivity contribution in [2.45, 2.75) is 10.4 Å². The molecule has 1 aromatic carbocycles. The van der Waals surface area contributed by atoms with Gasteiger partial charge in [-0.25, -0.2) is 8.99 Å². The van der Waals surface area contributed by atoms with E-state index in [-0.39, 0.29) is 0 Å². The zero-order chi connectivity index (χ0) is 12.6. The average molecular weight is 254 g/mol. The summed E-state index contributed by atoms with van der Waals surface area (Å²) in [5, 5.41) is 10.2. The van der Waals surface area contributed by atoms with E-state index in [1.807, 2.05) is 0 Å². The Bertz CT molecular complexity index is 507. The van der Waals surface area contributed by atoms with E-state index in [0.29, 0.717) is 12.1 Å². The lowest BCUT2D eigenvalue weighted by molar-refractivity contribution is -0.384. The predicted molar refractivity (Wildman–Crippen MR) is 48.3 cm³/mol. The smallest absolute Gasteiger partial charge is 0.258 e. The lowest BCUT2D eigenvalue weighted by atomic mass is 10.3. The zero-order valence-electron chi connectivity index (χ0n) is 7.52. The van der Waals surface area contributed by atoms with Gasteiger partial charge in [0.05, 0.1) is 9.82 Å². The number of benzene rings is 1. The number of non-ortho nitro benzene ring substituents is 1. The molecule has 0 aliphatic heterocycles. The van der Waals surface area contributed by atoms with E-state index >= 15 is 0 Å². The molecule has 9 heteroatoms. The van der Waals surface area contributed by atoms with Crippen LogP contribution < -0.4 is 0 Å². The third kappa shape index (κ3) is 2.13. The molecule has 5 nitrogen and oxygen atoms in total. The molecular formula is C7H5F3N2O3S. The molecule has 0 fully saturated rings. The van der Waals surface area contributed by atoms with E-state index in [1.165, 1.54) is 0 Å². The first-order valence-electron chi connectivity index (χ1n) is 3.76. The number of hydrogen-bond donors (Lipinski definition) is 1. The van der Waals surface area contributed by atoms with E-state index in [9.17, 15) is 27.5 Å². The van der Waals surface area contributed by atoms with Gasteiger partial charge in [-0.15, -0.1) is 0 Å². The van der Waals surface area contributed by atoms with Gasteiger partial charge >= 0.3 is 5.51 Å². The number of halogens is 3. The third-order valence-corrected chi connectivity index (χ3v) is 3.29. The van der Waals surface area contributed by atoms with E-state index in [2.05, 4.69) is 0 Å². The van der Waals surface area contributed by atoms with Crippen LogP contribution in [0.3, 0.4) is 0 Å². The molecule has 0 heterocycles. The second kappa shape index (κ2) is 3.74. The second-order valence-corrected chi connectivity index (χ2v) is 4.80. The van der Waals surface area contributed by atoms with Crippen LogP contribution in [0.2, 0.25) is 0 Å². The van der Waals surface area contributed by atoms with Gasteiger partial charge in [0, 0.05) is 12.1 Å². The minimum Gasteiger partial charge on any atom is -0.258 e. The molecule has 0 bridgehead atoms. The summed E-state index contributed by atoms with van der Waals surface area (Å²) >= 11 is 0. The van der Waals surface area contributed by atoms with Gasteiger partial charge in [0.25, 0.3) is 5.69 Å². The van der Waals surface area contributed by atoms with Crippen LogP contribution in [0.1, 0.15) is 0 Å². The molecule has 0 aromatic heterocycles. The van der Waals surface area contributed by atoms with Gasteiger partial charge in [-0.2, -0.15) is 13.2 Å². The Labute approximate surface area is 88.0 Å². The summed E-state index contributed by atoms with van der Waals surface area (Å²) < 4.78 is 54.3. The fourth-order valence-electron chi connectivity index (χ4n) is 0.893. The molecule has 0 aliphatic carbocycles. The number of alkyl halides is 3. The highest BCUT2D eigenvalue weighted by Crippen LogP contribution is 2.31. The highest BCUT2D eigenvalue weighted by Gasteiger charge is 2.43. The summed E-state index contributed by atoms with van der Waals surface area (Å²) in [4.78, 5) is 8.62. The first-order chi connectivity index (χ1) is 7.16. The maximum atomic E-state index is 12.2. The van der Waals surface area contributed by atoms with Crippen molar-refractivity contribution in [1.82, 2.24) is 0 Å². The van der Waals surface area contributed by atoms with Crippen LogP contribution in [-0.2, 0) is 9.73 Å². The molecule has 1 aromatic rings. The molecule has 16 heavy (non-hydrogen) atoms. The van der Waals surface area contributed by atoms with E-state index in [1.54, 1.807) is 0 Å². The normalized spacial score (nSPS) is 15.4. The summed E-state index contributed by atoms with van der Waals surface area (Å²) in [6, 6.07) is 2.88. The van der Waals surface area contributed by atoms with Crippen molar-refractivity contribution >= 4 is 15.4 Å². The van der Waals surface area contributed by atoms with Crippen molar-refractivity contribution < 1.29 is 22.3 Å². The molecule has 0 spiro atoms. The second-order valence-electron chi connectivity index (χ2n) is 2.75. The average Bonchev–Trinajstić information content (AvgIpc) is 2.16. The Hall–Kier alpha value is -1.64. The topological polar surface area (TPSA) is 84.1 Å². The third-order valence-electron chi connectivity index (χ3n) is 1.71. The van der Waals surface area contributed by atoms with Crippen LogP contribution in [0.5, 0.6) is 0 Å². The van der Waals surface area contributed by atoms with Crippen molar-refractivity contribution in [1.29, 1.82) is 4.78 Å². The van der Waals surface area contributed by atoms with Crippen molar-refractivity contribution in [3.63, 3.8) is 0 Å². The highest BCUT2D eigenvalue weighted by atomic mass is 32.2. The summed E-state index contributed by atoms with van der Waals surface area (Å²) in [5.41, 5.74) is -5.62. The van der Waals surface area contributed by atoms with Crippen molar-refractivity contribution in [3.05, 3.63) is 34.4 Å². The van der Waals surface area contributed by atoms with E-state index in [4.69, 9.17) is 4.78 Å². The van der Waals surface area contributed by atoms with Gasteiger partial charge < -0.3 is 0 Å². The Kier molecular flexibility index (Phi) is 2.91. The summed E-state index contributed by atoms with van der Waals surface area (Å²) in [6.07, 6.45) is 0. The molecule has 88 valence electrons. The lowest BCUT2D eigenvalue weighted by Gasteiger charge is -2.10. The van der Waals surface area contributed by atoms with Gasteiger partial charge in [-0.05, 0) is 12.1 Å². The van der Waals surface area contributed by atoms with Crippen LogP contribution in [0.15, 0.2) is 29.2 Å². The van der Waals surface area contributed by atoms with Gasteiger partial charge in [0.2, 0.25) is 0 Å². The van der Waals surface area contributed by atoms with Crippen molar-refractivity contribution in [2.24, 2.45) is 0 Å². The van der Waals surface area contributed by atoms with Gasteiger partial charge in [-0.1, -0.05) is 0 Å². The maximum Gasteiger partial charge on any atom is 0.483 e. The Balaban J connectivity index is 3.23. The molecule has 1 N–H and O–H groups in total. The van der Waals surface area contributed by atoms with E-state index < -0.39 is 30.7 Å². The van der Waals surface area contributed by atoms with Gasteiger partial charge in [-0.3, -0.25) is 10.1 Å². The highest BCUT2D eigenvalue weighted by molar-refractivity contribution is 7.93. The van der Waals surface area contributed by atoms with E-state index in [0.717, 1.165) is 12.1 Å². The molecule has 1 unspecified atom stereocenters. The van der Waals surface area contributed by atoms with Crippen molar-refractivity contribution in [3.8, 4) is 0 Å². The number of nitrogens with zero attached hydrogens (tertiary/aromatic N) is 1. The number of rotatable bonds is 2. The number of nitro groups is 1. The van der Waals surface area contributed by atoms with Crippen LogP contribution in [-0.4, -0.2) is 14.6 Å². The standard InChI is InChI=1S/C7H5F3N2O3S/c8-7(9,10)16(11,15)6-3-1-5(2-4-6)12(13)14/h1-4,11H. The summed E-state index contributed by atoms with van der Waals surface area (Å²) in [7, 11) is -4.94. The Morgan fingerprint density at radius 3 is 2.00 bits per heavy atom. The molecule has 1 atom stereocenters. The minimum absolute atomic E-state index is 0.430. The summed E-state index contributed by atoms with van der Waals surface area (Å²) in [5.74, 6) is 0. The van der Waals surface area contributed by atoms with Gasteiger partial charge in [0.15, 0.2) is 9.73 Å². The van der Waals surface area contributed by atoms with Crippen LogP contribution in [0, 0.1) is 14.9 Å². The largest absolute Gasteiger partial charge is 0.483 e. The maximum absolute atomic E-state index is 12.2. The van der Waals surface area contributed by atoms with Crippen LogP contribution in [0.4, 0.5) is 18.9 Å². The lowest BCUT2D eigenvalue weighted by Crippen LogP contribution is -2.21. The molecule has 0 saturated heterocycles. The van der Waals surface area contributed by atoms with Gasteiger partial charge in [0.1, 0.15) is 0 Å². The van der Waals surface area contributed by atoms with Crippen molar-refractivity contribution in [2.75, 3.05) is 0 Å². The molecule has 0 saturated carbocycles. The zero-order valence-corrected chi connectivity index (χ0v) is 8.34. The van der Waals surface area contributed by atoms with Crippen LogP contribution in [0.25, 0.3) is 0 Å². The SMILES string of the molecule is N=S(=O)(c1ccc([N+](=O)[O-])cc1)C(F)(F)F. The number of nitrogens with one attached hydrogen (secondary N) is 1. The number of hydrogen-bond acceptors (Lipinski definition) is 4. The Morgan fingerprint density at radius 1 is 1.25 bits per heavy atom. The molecule has 0 amide bonds. The quantitative estimate of drug-likeness (QED) is 0.650. The molecule has 0 radical (unpaired) electrons. The van der Waals surface area contributed by atoms with Crippen LogP contribution >= 0.6 is 0 Å². The molecular weight excluding hydrogens is 249 g/mol. The monoisotopic (exact) mass is 254 g/mol. The first kappa shape index (κ1) is 12.4. The molecule has 1 rings (SSSR count). The minimum atomic E-state index is -5.19. The fourth-order valence-corrected chi connectivity index (χ4v) is 1.68. The molecule has 0 aliphatic rings.